The van der Waals surface area contributed by atoms with E-state index in [0.717, 1.165) is 50.5 Å². The van der Waals surface area contributed by atoms with Crippen LogP contribution in [0.4, 0.5) is 0 Å². The summed E-state index contributed by atoms with van der Waals surface area (Å²) in [6.07, 6.45) is 31.1. The van der Waals surface area contributed by atoms with Crippen LogP contribution in [0.25, 0.3) is 11.1 Å². The molecule has 0 unspecified atom stereocenters. The number of rotatable bonds is 27. The number of unbranched alkanes of at least 4 members (excludes halogenated alkanes) is 10. The highest BCUT2D eigenvalue weighted by atomic mass is 14.8. The Hall–Kier alpha value is -2.66. The quantitative estimate of drug-likeness (QED) is 0.0299. The second kappa shape index (κ2) is 26.2. The highest BCUT2D eigenvalue weighted by Crippen LogP contribution is 2.35. The summed E-state index contributed by atoms with van der Waals surface area (Å²) >= 11 is 0. The zero-order chi connectivity index (χ0) is 35.7. The molecule has 0 radical (unpaired) electrons. The van der Waals surface area contributed by atoms with Crippen LogP contribution in [-0.4, -0.2) is 10.7 Å². The van der Waals surface area contributed by atoms with Crippen LogP contribution in [0.2, 0.25) is 0 Å². The van der Waals surface area contributed by atoms with Gasteiger partial charge in [0, 0.05) is 0 Å². The van der Waals surface area contributed by atoms with Gasteiger partial charge in [-0.1, -0.05) is 137 Å². The predicted octanol–water partition coefficient (Wildman–Crippen LogP) is 14.4. The molecule has 0 aliphatic carbocycles. The van der Waals surface area contributed by atoms with E-state index >= 15 is 0 Å². The van der Waals surface area contributed by atoms with E-state index < -0.39 is 0 Å². The summed E-state index contributed by atoms with van der Waals surface area (Å²) in [5.41, 5.74) is 24.2. The molecule has 2 rings (SSSR count). The van der Waals surface area contributed by atoms with E-state index in [0.29, 0.717) is 0 Å². The predicted molar refractivity (Wildman–Crippen MR) is 217 cm³/mol. The van der Waals surface area contributed by atoms with Crippen molar-refractivity contribution in [3.63, 3.8) is 0 Å². The van der Waals surface area contributed by atoms with Crippen molar-refractivity contribution >= 4 is 11.4 Å². The summed E-state index contributed by atoms with van der Waals surface area (Å²) in [6.45, 7) is 16.1. The molecule has 272 valence electrons. The van der Waals surface area contributed by atoms with E-state index in [-0.39, 0.29) is 0 Å². The summed E-state index contributed by atoms with van der Waals surface area (Å²) < 4.78 is 0. The van der Waals surface area contributed by atoms with Crippen LogP contribution in [0.1, 0.15) is 209 Å². The van der Waals surface area contributed by atoms with Crippen molar-refractivity contribution in [1.82, 2.24) is 0 Å². The Labute approximate surface area is 303 Å². The average molecular weight is 667 g/mol. The van der Waals surface area contributed by atoms with Crippen molar-refractivity contribution in [3.05, 3.63) is 86.0 Å². The van der Waals surface area contributed by atoms with Crippen molar-refractivity contribution in [2.45, 2.75) is 203 Å². The lowest BCUT2D eigenvalue weighted by atomic mass is 9.82. The third-order valence-electron chi connectivity index (χ3n) is 10.3. The summed E-state index contributed by atoms with van der Waals surface area (Å²) in [6, 6.07) is 10.3. The van der Waals surface area contributed by atoms with Gasteiger partial charge in [0.2, 0.25) is 0 Å². The lowest BCUT2D eigenvalue weighted by Crippen LogP contribution is -2.07. The van der Waals surface area contributed by atoms with Crippen LogP contribution in [0.5, 0.6) is 0 Å². The first-order valence-electron chi connectivity index (χ1n) is 21.0. The summed E-state index contributed by atoms with van der Waals surface area (Å²) in [5, 5.41) is 0. The molecule has 0 saturated heterocycles. The SMILES string of the molecule is CCCCCc1cc(C(=CC(=C=[N+]=[N-])CCCC)c2cc(CCCC)c(CCCC)c(CCCC)c2)cc(CCCCC)c1CCCCC. The van der Waals surface area contributed by atoms with Crippen LogP contribution in [0, 0.1) is 0 Å². The van der Waals surface area contributed by atoms with Crippen LogP contribution in [0.15, 0.2) is 35.9 Å². The van der Waals surface area contributed by atoms with E-state index in [9.17, 15) is 5.53 Å². The monoisotopic (exact) mass is 667 g/mol. The molecule has 0 aliphatic heterocycles. The third kappa shape index (κ3) is 15.0. The van der Waals surface area contributed by atoms with Gasteiger partial charge in [-0.25, -0.2) is 0 Å². The van der Waals surface area contributed by atoms with Gasteiger partial charge in [0.1, 0.15) is 0 Å². The molecular weight excluding hydrogens is 593 g/mol. The Bertz CT molecular complexity index is 1270. The molecular formula is C47H74N2. The molecule has 49 heavy (non-hydrogen) atoms. The molecule has 0 N–H and O–H groups in total. The van der Waals surface area contributed by atoms with Crippen molar-refractivity contribution < 1.29 is 4.79 Å². The minimum absolute atomic E-state index is 0.867. The summed E-state index contributed by atoms with van der Waals surface area (Å²) in [5.74, 6) is 3.00. The lowest BCUT2D eigenvalue weighted by Gasteiger charge is -2.22. The minimum atomic E-state index is 0.867. The first-order chi connectivity index (χ1) is 24.0. The van der Waals surface area contributed by atoms with Crippen molar-refractivity contribution in [1.29, 1.82) is 0 Å². The normalized spacial score (nSPS) is 11.5. The second-order valence-electron chi connectivity index (χ2n) is 14.6. The van der Waals surface area contributed by atoms with Gasteiger partial charge < -0.3 is 5.53 Å². The molecule has 0 spiro atoms. The fraction of sp³-hybridized carbons (Fsp3) is 0.660. The molecule has 2 aromatic carbocycles. The number of hydrogen-bond acceptors (Lipinski definition) is 0. The summed E-state index contributed by atoms with van der Waals surface area (Å²) in [4.78, 5) is 3.45. The van der Waals surface area contributed by atoms with Gasteiger partial charge in [0.25, 0.3) is 0 Å². The Balaban J connectivity index is 3.01. The van der Waals surface area contributed by atoms with Gasteiger partial charge in [-0.05, 0) is 146 Å². The van der Waals surface area contributed by atoms with Gasteiger partial charge in [0.05, 0.1) is 5.57 Å². The smallest absolute Gasteiger partial charge is 0.303 e. The molecule has 2 aromatic rings. The third-order valence-corrected chi connectivity index (χ3v) is 10.3. The van der Waals surface area contributed by atoms with Crippen molar-refractivity contribution in [2.24, 2.45) is 0 Å². The topological polar surface area (TPSA) is 36.4 Å². The molecule has 0 amide bonds. The first kappa shape index (κ1) is 42.5. The summed E-state index contributed by atoms with van der Waals surface area (Å²) in [7, 11) is 0. The molecule has 0 bridgehead atoms. The Morgan fingerprint density at radius 1 is 0.490 bits per heavy atom. The maximum atomic E-state index is 9.72. The largest absolute Gasteiger partial charge is 0.348 e. The maximum absolute atomic E-state index is 9.72. The number of aryl methyl sites for hydroxylation is 4. The van der Waals surface area contributed by atoms with Crippen LogP contribution in [0.3, 0.4) is 0 Å². The molecule has 0 atom stereocenters. The van der Waals surface area contributed by atoms with E-state index in [1.165, 1.54) is 126 Å². The zero-order valence-electron chi connectivity index (χ0n) is 33.3. The van der Waals surface area contributed by atoms with Crippen molar-refractivity contribution in [2.75, 3.05) is 0 Å². The minimum Gasteiger partial charge on any atom is -0.348 e. The van der Waals surface area contributed by atoms with Crippen LogP contribution in [-0.2, 0) is 38.5 Å². The zero-order valence-corrected chi connectivity index (χ0v) is 33.3. The van der Waals surface area contributed by atoms with E-state index in [1.54, 1.807) is 33.4 Å². The number of allylic oxidation sites excluding steroid dienone is 2. The molecule has 0 aliphatic rings. The lowest BCUT2D eigenvalue weighted by molar-refractivity contribution is 0.00746. The maximum Gasteiger partial charge on any atom is 0.303 e. The van der Waals surface area contributed by atoms with Gasteiger partial charge in [-0.2, -0.15) is 0 Å². The fourth-order valence-electron chi connectivity index (χ4n) is 7.31. The van der Waals surface area contributed by atoms with Crippen molar-refractivity contribution in [3.8, 4) is 0 Å². The molecule has 0 heterocycles. The van der Waals surface area contributed by atoms with Gasteiger partial charge >= 0.3 is 5.87 Å². The Morgan fingerprint density at radius 2 is 0.837 bits per heavy atom. The van der Waals surface area contributed by atoms with Gasteiger partial charge in [0.15, 0.2) is 0 Å². The number of hydrogen-bond donors (Lipinski definition) is 0. The standard InChI is InChI=1S/C47H74N2/c1-8-15-22-28-41-35-44(36-42(29-23-16-9-2)46(41)31-24-17-10-3)47(32-38(37-49-48)25-18-11-4)43-33-39(26-19-12-5)45(30-21-14-7)40(34-43)27-20-13-6/h32-36H,8-31H2,1-7H3. The Kier molecular flexibility index (Phi) is 22.7. The number of benzene rings is 2. The highest BCUT2D eigenvalue weighted by Gasteiger charge is 2.19. The second-order valence-corrected chi connectivity index (χ2v) is 14.6. The molecule has 0 fully saturated rings. The van der Waals surface area contributed by atoms with E-state index in [2.05, 4.69) is 89.5 Å². The van der Waals surface area contributed by atoms with Crippen LogP contribution < -0.4 is 0 Å². The first-order valence-corrected chi connectivity index (χ1v) is 21.0. The molecule has 2 heteroatoms. The highest BCUT2D eigenvalue weighted by molar-refractivity contribution is 5.85. The fourth-order valence-corrected chi connectivity index (χ4v) is 7.31. The van der Waals surface area contributed by atoms with Crippen LogP contribution >= 0.6 is 0 Å². The average Bonchev–Trinajstić information content (AvgIpc) is 3.11. The van der Waals surface area contributed by atoms with E-state index in [1.807, 2.05) is 0 Å². The number of nitrogens with zero attached hydrogens (tertiary/aromatic N) is 2. The van der Waals surface area contributed by atoms with Gasteiger partial charge in [-0.15, -0.1) is 4.79 Å². The van der Waals surface area contributed by atoms with Gasteiger partial charge in [-0.3, -0.25) is 0 Å². The Morgan fingerprint density at radius 3 is 1.22 bits per heavy atom. The molecule has 0 aromatic heterocycles. The molecule has 0 saturated carbocycles. The van der Waals surface area contributed by atoms with E-state index in [4.69, 9.17) is 0 Å². The molecule has 2 nitrogen and oxygen atoms in total.